The smallest absolute Gasteiger partial charge is 0.276 e. The van der Waals surface area contributed by atoms with Crippen LogP contribution in [-0.4, -0.2) is 14.2 Å². The van der Waals surface area contributed by atoms with Crippen molar-refractivity contribution >= 4 is 23.2 Å². The number of aromatic nitrogens is 1. The van der Waals surface area contributed by atoms with Crippen LogP contribution in [0.5, 0.6) is 11.5 Å². The highest BCUT2D eigenvalue weighted by Gasteiger charge is 2.29. The number of methoxy groups -OCH3 is 2. The predicted octanol–water partition coefficient (Wildman–Crippen LogP) is 3.52. The van der Waals surface area contributed by atoms with Crippen molar-refractivity contribution < 1.29 is 14.0 Å². The second kappa shape index (κ2) is 5.15. The molecule has 1 aromatic heterocycles. The number of benzene rings is 1. The maximum Gasteiger partial charge on any atom is 0.276 e. The molecule has 0 amide bonds. The molecule has 0 fully saturated rings. The molecule has 0 atom stereocenters. The molecule has 5 heteroatoms. The minimum absolute atomic E-state index is 0.618. The van der Waals surface area contributed by atoms with E-state index in [0.29, 0.717) is 10.2 Å². The van der Waals surface area contributed by atoms with Gasteiger partial charge in [0.2, 0.25) is 5.69 Å². The zero-order valence-corrected chi connectivity index (χ0v) is 12.8. The zero-order valence-electron chi connectivity index (χ0n) is 11.2. The summed E-state index contributed by atoms with van der Waals surface area (Å²) in [5, 5.41) is 1.25. The van der Waals surface area contributed by atoms with Crippen LogP contribution in [0.1, 0.15) is 5.56 Å². The third-order valence-corrected chi connectivity index (χ3v) is 4.09. The average Bonchev–Trinajstić information content (AvgIpc) is 2.45. The lowest BCUT2D eigenvalue weighted by molar-refractivity contribution is -0.685. The SMILES string of the molecule is COc1cc2c(c(OC)c1)-c1cc(Cl)cc(Cl)[n+]1CC2. The molecule has 1 aliphatic rings. The Hall–Kier alpha value is -1.45. The van der Waals surface area contributed by atoms with Crippen LogP contribution in [0.2, 0.25) is 10.2 Å². The van der Waals surface area contributed by atoms with E-state index < -0.39 is 0 Å². The second-order valence-electron chi connectivity index (χ2n) is 4.65. The topological polar surface area (TPSA) is 22.3 Å². The highest BCUT2D eigenvalue weighted by atomic mass is 35.5. The van der Waals surface area contributed by atoms with E-state index in [2.05, 4.69) is 0 Å². The van der Waals surface area contributed by atoms with Gasteiger partial charge in [-0.3, -0.25) is 0 Å². The molecule has 3 rings (SSSR count). The molecule has 104 valence electrons. The summed E-state index contributed by atoms with van der Waals surface area (Å²) in [5.74, 6) is 1.56. The van der Waals surface area contributed by atoms with Gasteiger partial charge in [0.15, 0.2) is 6.54 Å². The van der Waals surface area contributed by atoms with E-state index in [0.717, 1.165) is 35.7 Å². The Kier molecular flexibility index (Phi) is 3.48. The van der Waals surface area contributed by atoms with Gasteiger partial charge in [-0.15, -0.1) is 0 Å². The summed E-state index contributed by atoms with van der Waals surface area (Å²) in [5.41, 5.74) is 3.19. The monoisotopic (exact) mass is 310 g/mol. The van der Waals surface area contributed by atoms with E-state index >= 15 is 0 Å². The highest BCUT2D eigenvalue weighted by molar-refractivity contribution is 6.33. The van der Waals surface area contributed by atoms with Crippen LogP contribution in [0.25, 0.3) is 11.3 Å². The molecule has 0 N–H and O–H groups in total. The molecular weight excluding hydrogens is 297 g/mol. The van der Waals surface area contributed by atoms with E-state index in [1.807, 2.05) is 22.8 Å². The second-order valence-corrected chi connectivity index (χ2v) is 5.47. The van der Waals surface area contributed by atoms with Crippen molar-refractivity contribution in [2.24, 2.45) is 0 Å². The van der Waals surface area contributed by atoms with Gasteiger partial charge in [0.1, 0.15) is 11.5 Å². The fourth-order valence-corrected chi connectivity index (χ4v) is 3.19. The van der Waals surface area contributed by atoms with Gasteiger partial charge in [0, 0.05) is 24.6 Å². The summed E-state index contributed by atoms with van der Waals surface area (Å²) in [6.45, 7) is 0.814. The van der Waals surface area contributed by atoms with Crippen LogP contribution in [0.15, 0.2) is 24.3 Å². The van der Waals surface area contributed by atoms with E-state index in [1.54, 1.807) is 20.3 Å². The van der Waals surface area contributed by atoms with Crippen LogP contribution in [0, 0.1) is 0 Å². The Bertz CT molecular complexity index is 669. The Labute approximate surface area is 127 Å². The number of halogens is 2. The molecule has 0 saturated carbocycles. The molecule has 0 spiro atoms. The molecule has 0 aliphatic carbocycles. The van der Waals surface area contributed by atoms with Gasteiger partial charge in [-0.2, -0.15) is 4.57 Å². The molecule has 0 saturated heterocycles. The van der Waals surface area contributed by atoms with E-state index in [-0.39, 0.29) is 0 Å². The highest BCUT2D eigenvalue weighted by Crippen LogP contribution is 2.39. The lowest BCUT2D eigenvalue weighted by Crippen LogP contribution is -2.41. The van der Waals surface area contributed by atoms with Gasteiger partial charge < -0.3 is 9.47 Å². The number of ether oxygens (including phenoxy) is 2. The molecule has 1 aromatic carbocycles. The molecule has 0 radical (unpaired) electrons. The van der Waals surface area contributed by atoms with Gasteiger partial charge >= 0.3 is 0 Å². The minimum atomic E-state index is 0.618. The summed E-state index contributed by atoms with van der Waals surface area (Å²) < 4.78 is 12.9. The first-order chi connectivity index (χ1) is 9.63. The van der Waals surface area contributed by atoms with Gasteiger partial charge in [0.05, 0.1) is 24.8 Å². The number of rotatable bonds is 2. The Balaban J connectivity index is 2.30. The fourth-order valence-electron chi connectivity index (χ4n) is 2.64. The van der Waals surface area contributed by atoms with E-state index in [4.69, 9.17) is 32.7 Å². The lowest BCUT2D eigenvalue weighted by Gasteiger charge is -2.19. The number of hydrogen-bond donors (Lipinski definition) is 0. The summed E-state index contributed by atoms with van der Waals surface area (Å²) >= 11 is 12.4. The average molecular weight is 311 g/mol. The van der Waals surface area contributed by atoms with E-state index in [1.165, 1.54) is 5.56 Å². The molecule has 20 heavy (non-hydrogen) atoms. The van der Waals surface area contributed by atoms with Crippen molar-refractivity contribution in [1.82, 2.24) is 0 Å². The number of aryl methyl sites for hydroxylation is 1. The fraction of sp³-hybridized carbons (Fsp3) is 0.267. The van der Waals surface area contributed by atoms with Crippen molar-refractivity contribution in [2.75, 3.05) is 14.2 Å². The van der Waals surface area contributed by atoms with Crippen LogP contribution in [0.4, 0.5) is 0 Å². The number of fused-ring (bicyclic) bond motifs is 3. The maximum absolute atomic E-state index is 6.28. The van der Waals surface area contributed by atoms with Crippen molar-refractivity contribution in [1.29, 1.82) is 0 Å². The third-order valence-electron chi connectivity index (χ3n) is 3.55. The minimum Gasteiger partial charge on any atom is -0.497 e. The van der Waals surface area contributed by atoms with Crippen LogP contribution in [0.3, 0.4) is 0 Å². The number of pyridine rings is 1. The van der Waals surface area contributed by atoms with Crippen molar-refractivity contribution in [3.63, 3.8) is 0 Å². The van der Waals surface area contributed by atoms with Gasteiger partial charge in [-0.05, 0) is 23.2 Å². The van der Waals surface area contributed by atoms with Crippen molar-refractivity contribution in [3.8, 4) is 22.8 Å². The molecule has 2 heterocycles. The first kappa shape index (κ1) is 13.5. The first-order valence-electron chi connectivity index (χ1n) is 6.28. The summed E-state index contributed by atoms with van der Waals surface area (Å²) in [7, 11) is 3.31. The standard InChI is InChI=1S/C15H14Cl2NO2/c1-19-11-5-9-3-4-18-12(6-10(16)7-14(18)17)15(9)13(8-11)20-2/h5-8H,3-4H2,1-2H3/q+1. The van der Waals surface area contributed by atoms with Crippen molar-refractivity contribution in [3.05, 3.63) is 40.0 Å². The quantitative estimate of drug-likeness (QED) is 0.625. The summed E-state index contributed by atoms with van der Waals surface area (Å²) in [6, 6.07) is 7.59. The van der Waals surface area contributed by atoms with Crippen LogP contribution < -0.4 is 14.0 Å². The molecular formula is C15H14Cl2NO2+. The zero-order chi connectivity index (χ0) is 14.3. The molecule has 0 bridgehead atoms. The summed E-state index contributed by atoms with van der Waals surface area (Å²) in [6.07, 6.45) is 0.877. The summed E-state index contributed by atoms with van der Waals surface area (Å²) in [4.78, 5) is 0. The molecule has 2 aromatic rings. The van der Waals surface area contributed by atoms with Gasteiger partial charge in [-0.25, -0.2) is 0 Å². The molecule has 1 aliphatic heterocycles. The third kappa shape index (κ3) is 2.11. The number of hydrogen-bond acceptors (Lipinski definition) is 2. The predicted molar refractivity (Wildman–Crippen MR) is 78.9 cm³/mol. The number of nitrogens with zero attached hydrogens (tertiary/aromatic N) is 1. The Morgan fingerprint density at radius 1 is 1.05 bits per heavy atom. The lowest BCUT2D eigenvalue weighted by atomic mass is 9.96. The van der Waals surface area contributed by atoms with Crippen LogP contribution >= 0.6 is 23.2 Å². The van der Waals surface area contributed by atoms with Gasteiger partial charge in [-0.1, -0.05) is 11.6 Å². The first-order valence-corrected chi connectivity index (χ1v) is 7.04. The van der Waals surface area contributed by atoms with Crippen molar-refractivity contribution in [2.45, 2.75) is 13.0 Å². The van der Waals surface area contributed by atoms with Gasteiger partial charge in [0.25, 0.3) is 5.15 Å². The Morgan fingerprint density at radius 2 is 1.85 bits per heavy atom. The van der Waals surface area contributed by atoms with Crippen LogP contribution in [-0.2, 0) is 13.0 Å². The molecule has 3 nitrogen and oxygen atoms in total. The maximum atomic E-state index is 6.28. The normalized spacial score (nSPS) is 12.6. The molecule has 0 unspecified atom stereocenters. The van der Waals surface area contributed by atoms with E-state index in [9.17, 15) is 0 Å². The Morgan fingerprint density at radius 3 is 2.55 bits per heavy atom. The largest absolute Gasteiger partial charge is 0.497 e.